The summed E-state index contributed by atoms with van der Waals surface area (Å²) in [6.07, 6.45) is 0.504. The highest BCUT2D eigenvalue weighted by Gasteiger charge is 2.20. The maximum absolute atomic E-state index is 12.0. The van der Waals surface area contributed by atoms with Crippen LogP contribution in [0.1, 0.15) is 45.0 Å². The average molecular weight is 406 g/mol. The zero-order valence-electron chi connectivity index (χ0n) is 12.7. The number of halogens is 1. The Balaban J connectivity index is 2.97. The zero-order valence-corrected chi connectivity index (χ0v) is 14.8. The largest absolute Gasteiger partial charge is 0.459 e. The van der Waals surface area contributed by atoms with E-state index in [9.17, 15) is 9.59 Å². The summed E-state index contributed by atoms with van der Waals surface area (Å²) in [6, 6.07) is 1.55. The minimum atomic E-state index is -0.649. The number of anilines is 1. The van der Waals surface area contributed by atoms with Crippen LogP contribution in [0, 0.1) is 3.70 Å². The number of pyridine rings is 1. The van der Waals surface area contributed by atoms with Crippen molar-refractivity contribution in [3.8, 4) is 0 Å². The summed E-state index contributed by atoms with van der Waals surface area (Å²) in [6.45, 7) is 8.78. The first-order valence-electron chi connectivity index (χ1n) is 6.45. The first kappa shape index (κ1) is 17.7. The molecular formula is C14H19IN2O4. The van der Waals surface area contributed by atoms with E-state index in [2.05, 4.69) is 10.3 Å². The lowest BCUT2D eigenvalue weighted by atomic mass is 10.2. The van der Waals surface area contributed by atoms with Crippen molar-refractivity contribution >= 4 is 40.3 Å². The van der Waals surface area contributed by atoms with Gasteiger partial charge in [-0.1, -0.05) is 0 Å². The van der Waals surface area contributed by atoms with Gasteiger partial charge in [0.25, 0.3) is 0 Å². The molecule has 116 valence electrons. The number of hydrogen-bond acceptors (Lipinski definition) is 5. The summed E-state index contributed by atoms with van der Waals surface area (Å²) in [5.74, 6) is -0.517. The van der Waals surface area contributed by atoms with Crippen molar-refractivity contribution in [2.45, 2.75) is 46.3 Å². The third-order valence-corrected chi connectivity index (χ3v) is 2.66. The van der Waals surface area contributed by atoms with Crippen molar-refractivity contribution in [3.63, 3.8) is 0 Å². The Bertz CT molecular complexity index is 538. The number of ether oxygens (including phenoxy) is 2. The highest BCUT2D eigenvalue weighted by atomic mass is 127. The molecule has 0 aliphatic heterocycles. The molecule has 21 heavy (non-hydrogen) atoms. The van der Waals surface area contributed by atoms with Gasteiger partial charge in [0.05, 0.1) is 23.6 Å². The van der Waals surface area contributed by atoms with Crippen molar-refractivity contribution in [1.29, 1.82) is 0 Å². The minimum Gasteiger partial charge on any atom is -0.459 e. The Morgan fingerprint density at radius 1 is 1.33 bits per heavy atom. The fraction of sp³-hybridized carbons (Fsp3) is 0.500. The van der Waals surface area contributed by atoms with E-state index in [4.69, 9.17) is 9.47 Å². The Morgan fingerprint density at radius 2 is 1.95 bits per heavy atom. The SMILES string of the molecule is CC(C)OC(=O)c1cc(I)ncc1NC(=O)OC(C)(C)C. The van der Waals surface area contributed by atoms with Gasteiger partial charge in [-0.25, -0.2) is 14.6 Å². The molecule has 0 spiro atoms. The second-order valence-electron chi connectivity index (χ2n) is 5.63. The molecule has 7 heteroatoms. The summed E-state index contributed by atoms with van der Waals surface area (Å²) >= 11 is 1.98. The number of hydrogen-bond donors (Lipinski definition) is 1. The van der Waals surface area contributed by atoms with Crippen LogP contribution in [-0.2, 0) is 9.47 Å². The van der Waals surface area contributed by atoms with Gasteiger partial charge in [-0.2, -0.15) is 0 Å². The van der Waals surface area contributed by atoms with Gasteiger partial charge < -0.3 is 9.47 Å². The van der Waals surface area contributed by atoms with E-state index in [1.807, 2.05) is 22.6 Å². The van der Waals surface area contributed by atoms with Crippen LogP contribution >= 0.6 is 22.6 Å². The van der Waals surface area contributed by atoms with Crippen molar-refractivity contribution in [2.24, 2.45) is 0 Å². The molecule has 1 amide bonds. The fourth-order valence-corrected chi connectivity index (χ4v) is 1.84. The Kier molecular flexibility index (Phi) is 5.94. The first-order valence-corrected chi connectivity index (χ1v) is 7.53. The van der Waals surface area contributed by atoms with Crippen LogP contribution in [0.3, 0.4) is 0 Å². The van der Waals surface area contributed by atoms with Crippen LogP contribution in [0.15, 0.2) is 12.3 Å². The molecule has 0 bridgehead atoms. The van der Waals surface area contributed by atoms with E-state index < -0.39 is 17.7 Å². The lowest BCUT2D eigenvalue weighted by Crippen LogP contribution is -2.28. The predicted octanol–water partition coefficient (Wildman–Crippen LogP) is 3.60. The highest BCUT2D eigenvalue weighted by Crippen LogP contribution is 2.19. The van der Waals surface area contributed by atoms with Gasteiger partial charge in [-0.3, -0.25) is 5.32 Å². The van der Waals surface area contributed by atoms with Crippen molar-refractivity contribution in [1.82, 2.24) is 4.98 Å². The standard InChI is InChI=1S/C14H19IN2O4/c1-8(2)20-12(18)9-6-11(15)16-7-10(9)17-13(19)21-14(3,4)5/h6-8H,1-5H3,(H,17,19). The lowest BCUT2D eigenvalue weighted by molar-refractivity contribution is 0.0379. The molecule has 6 nitrogen and oxygen atoms in total. The molecule has 0 atom stereocenters. The molecule has 1 aromatic heterocycles. The van der Waals surface area contributed by atoms with E-state index in [-0.39, 0.29) is 17.4 Å². The third-order valence-electron chi connectivity index (χ3n) is 2.07. The summed E-state index contributed by atoms with van der Waals surface area (Å²) in [5.41, 5.74) is -0.122. The van der Waals surface area contributed by atoms with Gasteiger partial charge in [0.2, 0.25) is 0 Å². The van der Waals surface area contributed by atoms with Crippen LogP contribution < -0.4 is 5.32 Å². The average Bonchev–Trinajstić information content (AvgIpc) is 2.27. The maximum Gasteiger partial charge on any atom is 0.412 e. The predicted molar refractivity (Wildman–Crippen MR) is 87.4 cm³/mol. The first-order chi connectivity index (χ1) is 9.58. The molecular weight excluding hydrogens is 387 g/mol. The lowest BCUT2D eigenvalue weighted by Gasteiger charge is -2.20. The van der Waals surface area contributed by atoms with E-state index >= 15 is 0 Å². The molecule has 1 aromatic rings. The molecule has 0 aliphatic rings. The molecule has 0 unspecified atom stereocenters. The molecule has 0 aliphatic carbocycles. The molecule has 0 saturated heterocycles. The Morgan fingerprint density at radius 3 is 2.48 bits per heavy atom. The van der Waals surface area contributed by atoms with E-state index in [1.54, 1.807) is 40.7 Å². The fourth-order valence-electron chi connectivity index (χ4n) is 1.39. The van der Waals surface area contributed by atoms with Gasteiger partial charge in [0.15, 0.2) is 0 Å². The monoisotopic (exact) mass is 406 g/mol. The molecule has 1 rings (SSSR count). The molecule has 1 heterocycles. The van der Waals surface area contributed by atoms with E-state index in [0.717, 1.165) is 0 Å². The van der Waals surface area contributed by atoms with Gasteiger partial charge in [0, 0.05) is 0 Å². The van der Waals surface area contributed by atoms with Gasteiger partial charge in [-0.15, -0.1) is 0 Å². The third kappa shape index (κ3) is 6.28. The molecule has 0 aromatic carbocycles. The number of carbonyl (C=O) groups excluding carboxylic acids is 2. The summed E-state index contributed by atoms with van der Waals surface area (Å²) in [7, 11) is 0. The number of nitrogens with zero attached hydrogens (tertiary/aromatic N) is 1. The normalized spacial score (nSPS) is 11.2. The number of rotatable bonds is 3. The zero-order chi connectivity index (χ0) is 16.2. The van der Waals surface area contributed by atoms with Crippen LogP contribution in [0.2, 0.25) is 0 Å². The van der Waals surface area contributed by atoms with Crippen molar-refractivity contribution in [3.05, 3.63) is 21.5 Å². The highest BCUT2D eigenvalue weighted by molar-refractivity contribution is 14.1. The summed E-state index contributed by atoms with van der Waals surface area (Å²) in [4.78, 5) is 27.9. The van der Waals surface area contributed by atoms with Gasteiger partial charge in [0.1, 0.15) is 9.30 Å². The number of carbonyl (C=O) groups is 2. The van der Waals surface area contributed by atoms with Crippen LogP contribution in [-0.4, -0.2) is 28.8 Å². The molecule has 1 N–H and O–H groups in total. The van der Waals surface area contributed by atoms with Gasteiger partial charge >= 0.3 is 12.1 Å². The minimum absolute atomic E-state index is 0.244. The van der Waals surface area contributed by atoms with Crippen molar-refractivity contribution < 1.29 is 19.1 Å². The topological polar surface area (TPSA) is 77.5 Å². The van der Waals surface area contributed by atoms with Crippen LogP contribution in [0.25, 0.3) is 0 Å². The summed E-state index contributed by atoms with van der Waals surface area (Å²) in [5, 5.41) is 2.52. The van der Waals surface area contributed by atoms with Crippen LogP contribution in [0.4, 0.5) is 10.5 Å². The molecule has 0 saturated carbocycles. The summed E-state index contributed by atoms with van der Waals surface area (Å²) < 4.78 is 10.9. The van der Waals surface area contributed by atoms with Gasteiger partial charge in [-0.05, 0) is 63.3 Å². The van der Waals surface area contributed by atoms with Crippen molar-refractivity contribution in [2.75, 3.05) is 5.32 Å². The molecule has 0 radical (unpaired) electrons. The second-order valence-corrected chi connectivity index (χ2v) is 6.74. The Hall–Kier alpha value is -1.38. The number of aromatic nitrogens is 1. The quantitative estimate of drug-likeness (QED) is 0.472. The maximum atomic E-state index is 12.0. The second kappa shape index (κ2) is 7.06. The smallest absolute Gasteiger partial charge is 0.412 e. The number of nitrogens with one attached hydrogen (secondary N) is 1. The molecule has 0 fully saturated rings. The number of esters is 1. The number of amides is 1. The van der Waals surface area contributed by atoms with E-state index in [0.29, 0.717) is 3.70 Å². The Labute approximate surface area is 137 Å². The van der Waals surface area contributed by atoms with E-state index in [1.165, 1.54) is 6.20 Å². The van der Waals surface area contributed by atoms with Crippen LogP contribution in [0.5, 0.6) is 0 Å².